The van der Waals surface area contributed by atoms with E-state index in [1.807, 2.05) is 25.3 Å². The van der Waals surface area contributed by atoms with Crippen molar-refractivity contribution < 1.29 is 9.53 Å². The number of fused-ring (bicyclic) bond motifs is 1. The second-order valence-electron chi connectivity index (χ2n) is 8.67. The van der Waals surface area contributed by atoms with E-state index < -0.39 is 5.60 Å². The van der Waals surface area contributed by atoms with Gasteiger partial charge in [0.2, 0.25) is 10.1 Å². The number of hydrogen-bond donors (Lipinski definition) is 1. The minimum atomic E-state index is -0.456. The zero-order valence-corrected chi connectivity index (χ0v) is 17.7. The molecule has 7 nitrogen and oxygen atoms in total. The lowest BCUT2D eigenvalue weighted by molar-refractivity contribution is 0.0266. The summed E-state index contributed by atoms with van der Waals surface area (Å²) < 4.78 is 7.34. The van der Waals surface area contributed by atoms with Crippen molar-refractivity contribution in [3.05, 3.63) is 23.5 Å². The molecule has 0 atom stereocenters. The molecule has 3 heterocycles. The first kappa shape index (κ1) is 19.2. The standard InChI is InChI=1S/C20H29N5O2S/c1-20(2,3)27-19(26)24-10-8-14(9-11-24)12-21-17-23-25-13-16(22-18(25)28-17)15-6-4-5-7-15/h8,13,15H,4-7,9-12H2,1-3H3,(H,21,23). The Labute approximate surface area is 169 Å². The van der Waals surface area contributed by atoms with Crippen LogP contribution in [0.25, 0.3) is 4.96 Å². The van der Waals surface area contributed by atoms with Crippen LogP contribution in [-0.4, -0.2) is 50.8 Å². The van der Waals surface area contributed by atoms with Gasteiger partial charge < -0.3 is 15.0 Å². The van der Waals surface area contributed by atoms with Gasteiger partial charge in [-0.25, -0.2) is 14.3 Å². The lowest BCUT2D eigenvalue weighted by Crippen LogP contribution is -2.39. The minimum absolute atomic E-state index is 0.241. The summed E-state index contributed by atoms with van der Waals surface area (Å²) in [6.45, 7) is 7.70. The average Bonchev–Trinajstić information content (AvgIpc) is 3.34. The van der Waals surface area contributed by atoms with Crippen molar-refractivity contribution in [2.24, 2.45) is 0 Å². The highest BCUT2D eigenvalue weighted by molar-refractivity contribution is 7.20. The Morgan fingerprint density at radius 2 is 2.14 bits per heavy atom. The van der Waals surface area contributed by atoms with Crippen LogP contribution < -0.4 is 5.32 Å². The molecule has 2 aromatic rings. The maximum absolute atomic E-state index is 12.1. The highest BCUT2D eigenvalue weighted by Crippen LogP contribution is 2.34. The van der Waals surface area contributed by atoms with Crippen LogP contribution in [0.2, 0.25) is 0 Å². The van der Waals surface area contributed by atoms with Crippen molar-refractivity contribution in [2.45, 2.75) is 64.4 Å². The highest BCUT2D eigenvalue weighted by Gasteiger charge is 2.24. The molecule has 2 aliphatic rings. The van der Waals surface area contributed by atoms with Crippen molar-refractivity contribution in [1.82, 2.24) is 19.5 Å². The molecule has 0 saturated heterocycles. The topological polar surface area (TPSA) is 71.8 Å². The first-order chi connectivity index (χ1) is 13.4. The van der Waals surface area contributed by atoms with E-state index in [0.717, 1.165) is 23.1 Å². The van der Waals surface area contributed by atoms with E-state index in [9.17, 15) is 4.79 Å². The van der Waals surface area contributed by atoms with Crippen molar-refractivity contribution in [3.8, 4) is 0 Å². The molecular formula is C20H29N5O2S. The molecule has 0 aromatic carbocycles. The van der Waals surface area contributed by atoms with Gasteiger partial charge in [0, 0.05) is 25.6 Å². The summed E-state index contributed by atoms with van der Waals surface area (Å²) in [7, 11) is 0. The number of carbonyl (C=O) groups excluding carboxylic acids is 1. The predicted octanol–water partition coefficient (Wildman–Crippen LogP) is 4.43. The van der Waals surface area contributed by atoms with Gasteiger partial charge in [-0.1, -0.05) is 35.8 Å². The molecule has 0 unspecified atom stereocenters. The molecule has 1 N–H and O–H groups in total. The zero-order valence-electron chi connectivity index (χ0n) is 16.9. The van der Waals surface area contributed by atoms with Crippen LogP contribution in [0.3, 0.4) is 0 Å². The summed E-state index contributed by atoms with van der Waals surface area (Å²) in [4.78, 5) is 19.6. The number of carbonyl (C=O) groups is 1. The molecule has 8 heteroatoms. The third-order valence-electron chi connectivity index (χ3n) is 5.26. The summed E-state index contributed by atoms with van der Waals surface area (Å²) in [5.74, 6) is 0.616. The van der Waals surface area contributed by atoms with Gasteiger partial charge >= 0.3 is 6.09 Å². The first-order valence-electron chi connectivity index (χ1n) is 10.1. The lowest BCUT2D eigenvalue weighted by atomic mass is 10.1. The molecule has 28 heavy (non-hydrogen) atoms. The predicted molar refractivity (Wildman–Crippen MR) is 111 cm³/mol. The maximum atomic E-state index is 12.1. The monoisotopic (exact) mass is 403 g/mol. The van der Waals surface area contributed by atoms with Crippen molar-refractivity contribution >= 4 is 27.5 Å². The number of aromatic nitrogens is 3. The van der Waals surface area contributed by atoms with Crippen LogP contribution in [0.15, 0.2) is 17.8 Å². The fourth-order valence-electron chi connectivity index (χ4n) is 3.76. The van der Waals surface area contributed by atoms with Gasteiger partial charge in [-0.05, 0) is 40.0 Å². The molecule has 1 amide bonds. The molecule has 0 bridgehead atoms. The van der Waals surface area contributed by atoms with Gasteiger partial charge in [0.05, 0.1) is 11.9 Å². The third-order valence-corrected chi connectivity index (χ3v) is 6.14. The van der Waals surface area contributed by atoms with E-state index in [0.29, 0.717) is 19.0 Å². The number of rotatable bonds is 4. The van der Waals surface area contributed by atoms with E-state index in [1.165, 1.54) is 37.0 Å². The van der Waals surface area contributed by atoms with Gasteiger partial charge in [0.25, 0.3) is 0 Å². The number of amides is 1. The van der Waals surface area contributed by atoms with E-state index >= 15 is 0 Å². The molecule has 1 aliphatic carbocycles. The van der Waals surface area contributed by atoms with Gasteiger partial charge in [-0.3, -0.25) is 0 Å². The largest absolute Gasteiger partial charge is 0.444 e. The fraction of sp³-hybridized carbons (Fsp3) is 0.650. The molecule has 0 spiro atoms. The van der Waals surface area contributed by atoms with E-state index in [2.05, 4.69) is 22.7 Å². The summed E-state index contributed by atoms with van der Waals surface area (Å²) >= 11 is 1.60. The van der Waals surface area contributed by atoms with Crippen molar-refractivity contribution in [1.29, 1.82) is 0 Å². The van der Waals surface area contributed by atoms with E-state index in [4.69, 9.17) is 9.72 Å². The number of imidazole rings is 1. The molecule has 0 radical (unpaired) electrons. The van der Waals surface area contributed by atoms with Crippen LogP contribution in [0, 0.1) is 0 Å². The zero-order chi connectivity index (χ0) is 19.7. The molecule has 4 rings (SSSR count). The number of nitrogens with zero attached hydrogens (tertiary/aromatic N) is 4. The second-order valence-corrected chi connectivity index (χ2v) is 9.63. The average molecular weight is 404 g/mol. The van der Waals surface area contributed by atoms with Gasteiger partial charge in [0.1, 0.15) is 5.60 Å². The lowest BCUT2D eigenvalue weighted by Gasteiger charge is -2.29. The number of ether oxygens (including phenoxy) is 1. The van der Waals surface area contributed by atoms with Crippen LogP contribution >= 0.6 is 11.3 Å². The number of hydrogen-bond acceptors (Lipinski definition) is 6. The Morgan fingerprint density at radius 3 is 2.79 bits per heavy atom. The normalized spacial score (nSPS) is 18.5. The summed E-state index contributed by atoms with van der Waals surface area (Å²) in [5.41, 5.74) is 2.03. The Hall–Kier alpha value is -2.09. The van der Waals surface area contributed by atoms with Crippen LogP contribution in [0.1, 0.15) is 64.5 Å². The molecule has 1 saturated carbocycles. The number of anilines is 1. The van der Waals surface area contributed by atoms with Crippen molar-refractivity contribution in [2.75, 3.05) is 25.0 Å². The summed E-state index contributed by atoms with van der Waals surface area (Å²) in [6, 6.07) is 0. The number of nitrogens with one attached hydrogen (secondary N) is 1. The van der Waals surface area contributed by atoms with Crippen molar-refractivity contribution in [3.63, 3.8) is 0 Å². The van der Waals surface area contributed by atoms with Crippen LogP contribution in [-0.2, 0) is 4.74 Å². The smallest absolute Gasteiger partial charge is 0.410 e. The van der Waals surface area contributed by atoms with E-state index in [1.54, 1.807) is 16.2 Å². The van der Waals surface area contributed by atoms with Gasteiger partial charge in [-0.2, -0.15) is 0 Å². The summed E-state index contributed by atoms with van der Waals surface area (Å²) in [6.07, 6.45) is 9.95. The van der Waals surface area contributed by atoms with E-state index in [-0.39, 0.29) is 6.09 Å². The molecule has 1 fully saturated rings. The Morgan fingerprint density at radius 1 is 1.36 bits per heavy atom. The third kappa shape index (κ3) is 4.48. The SMILES string of the molecule is CC(C)(C)OC(=O)N1CC=C(CNc2nn3cc(C4CCCC4)nc3s2)CC1. The van der Waals surface area contributed by atoms with Crippen LogP contribution in [0.4, 0.5) is 9.93 Å². The Kier molecular flexibility index (Phi) is 5.31. The van der Waals surface area contributed by atoms with Gasteiger partial charge in [0.15, 0.2) is 0 Å². The maximum Gasteiger partial charge on any atom is 0.410 e. The Bertz CT molecular complexity index is 841. The highest BCUT2D eigenvalue weighted by atomic mass is 32.1. The van der Waals surface area contributed by atoms with Crippen LogP contribution in [0.5, 0.6) is 0 Å². The molecule has 2 aromatic heterocycles. The quantitative estimate of drug-likeness (QED) is 0.765. The fourth-order valence-corrected chi connectivity index (χ4v) is 4.54. The molecule has 152 valence electrons. The summed E-state index contributed by atoms with van der Waals surface area (Å²) in [5, 5.41) is 8.91. The first-order valence-corrected chi connectivity index (χ1v) is 10.9. The Balaban J connectivity index is 1.30. The molecular weight excluding hydrogens is 374 g/mol. The minimum Gasteiger partial charge on any atom is -0.444 e. The van der Waals surface area contributed by atoms with Gasteiger partial charge in [-0.15, -0.1) is 5.10 Å². The second kappa shape index (κ2) is 7.73. The molecule has 1 aliphatic heterocycles.